The van der Waals surface area contributed by atoms with Crippen LogP contribution in [-0.2, 0) is 16.0 Å². The number of hydrogen-bond acceptors (Lipinski definition) is 6. The lowest BCUT2D eigenvalue weighted by Crippen LogP contribution is -2.48. The summed E-state index contributed by atoms with van der Waals surface area (Å²) in [4.78, 5) is 54.8. The third-order valence-corrected chi connectivity index (χ3v) is 7.79. The van der Waals surface area contributed by atoms with Crippen LogP contribution >= 0.6 is 11.3 Å². The van der Waals surface area contributed by atoms with Crippen molar-refractivity contribution in [1.29, 1.82) is 0 Å². The summed E-state index contributed by atoms with van der Waals surface area (Å²) >= 11 is 1.20. The molecule has 0 aliphatic carbocycles. The summed E-state index contributed by atoms with van der Waals surface area (Å²) < 4.78 is 5.36. The summed E-state index contributed by atoms with van der Waals surface area (Å²) in [6, 6.07) is 20.5. The molecule has 0 spiro atoms. The molecule has 40 heavy (non-hydrogen) atoms. The van der Waals surface area contributed by atoms with Crippen LogP contribution in [0.4, 0.5) is 5.00 Å². The molecule has 1 atom stereocenters. The van der Waals surface area contributed by atoms with E-state index in [1.54, 1.807) is 31.2 Å². The molecule has 4 aromatic rings. The molecular formula is C32H28N2O5S. The third-order valence-electron chi connectivity index (χ3n) is 6.89. The van der Waals surface area contributed by atoms with E-state index in [1.165, 1.54) is 11.3 Å². The van der Waals surface area contributed by atoms with Crippen LogP contribution in [0.25, 0.3) is 11.1 Å². The Bertz CT molecular complexity index is 1590. The van der Waals surface area contributed by atoms with Crippen LogP contribution in [0.5, 0.6) is 0 Å². The van der Waals surface area contributed by atoms with Gasteiger partial charge in [0.2, 0.25) is 5.91 Å². The van der Waals surface area contributed by atoms with Gasteiger partial charge in [-0.05, 0) is 49.6 Å². The summed E-state index contributed by atoms with van der Waals surface area (Å²) in [7, 11) is 0. The number of aryl methyl sites for hydroxylation is 2. The molecule has 0 saturated heterocycles. The van der Waals surface area contributed by atoms with Crippen LogP contribution in [0.1, 0.15) is 54.7 Å². The fourth-order valence-electron chi connectivity index (χ4n) is 4.99. The smallest absolute Gasteiger partial charge is 0.341 e. The van der Waals surface area contributed by atoms with E-state index in [9.17, 15) is 19.2 Å². The SMILES string of the molecule is CCOC(=O)c1c(-c2ccc(C)cc2C)csc1NC(=O)C(Cc1ccccc1)N1C(=O)c2ccccc2C1=O. The standard InChI is InChI=1S/C32H28N2O5S/c1-4-39-32(38)27-25(22-15-14-19(2)16-20(22)3)18-40-29(27)33-28(35)26(17-21-10-6-5-7-11-21)34-30(36)23-12-8-9-13-24(23)31(34)37/h5-16,18,26H,4,17H2,1-3H3,(H,33,35). The number of carbonyl (C=O) groups is 4. The predicted octanol–water partition coefficient (Wildman–Crippen LogP) is 6.05. The van der Waals surface area contributed by atoms with E-state index in [2.05, 4.69) is 5.32 Å². The van der Waals surface area contributed by atoms with Crippen molar-refractivity contribution in [3.63, 3.8) is 0 Å². The molecule has 1 aliphatic heterocycles. The van der Waals surface area contributed by atoms with Crippen LogP contribution < -0.4 is 5.32 Å². The highest BCUT2D eigenvalue weighted by atomic mass is 32.1. The number of fused-ring (bicyclic) bond motifs is 1. The molecule has 0 saturated carbocycles. The number of hydrogen-bond donors (Lipinski definition) is 1. The lowest BCUT2D eigenvalue weighted by Gasteiger charge is -2.25. The fourth-order valence-corrected chi connectivity index (χ4v) is 5.95. The topological polar surface area (TPSA) is 92.8 Å². The molecule has 3 aromatic carbocycles. The van der Waals surface area contributed by atoms with E-state index in [-0.39, 0.29) is 29.7 Å². The van der Waals surface area contributed by atoms with Gasteiger partial charge in [-0.15, -0.1) is 11.3 Å². The van der Waals surface area contributed by atoms with E-state index >= 15 is 0 Å². The maximum atomic E-state index is 13.9. The van der Waals surface area contributed by atoms with E-state index in [4.69, 9.17) is 4.74 Å². The van der Waals surface area contributed by atoms with Crippen LogP contribution in [0, 0.1) is 13.8 Å². The van der Waals surface area contributed by atoms with Gasteiger partial charge >= 0.3 is 5.97 Å². The lowest BCUT2D eigenvalue weighted by atomic mass is 9.97. The number of esters is 1. The molecule has 0 fully saturated rings. The lowest BCUT2D eigenvalue weighted by molar-refractivity contribution is -0.119. The number of nitrogens with one attached hydrogen (secondary N) is 1. The van der Waals surface area contributed by atoms with Crippen molar-refractivity contribution in [1.82, 2.24) is 4.90 Å². The number of imide groups is 1. The van der Waals surface area contributed by atoms with Crippen molar-refractivity contribution in [2.45, 2.75) is 33.2 Å². The largest absolute Gasteiger partial charge is 0.462 e. The molecular weight excluding hydrogens is 524 g/mol. The molecule has 1 aromatic heterocycles. The van der Waals surface area contributed by atoms with Gasteiger partial charge in [0, 0.05) is 17.4 Å². The second kappa shape index (κ2) is 11.3. The minimum Gasteiger partial charge on any atom is -0.462 e. The van der Waals surface area contributed by atoms with E-state index in [0.717, 1.165) is 27.2 Å². The molecule has 0 bridgehead atoms. The maximum Gasteiger partial charge on any atom is 0.341 e. The van der Waals surface area contributed by atoms with Crippen molar-refractivity contribution >= 4 is 40.0 Å². The highest BCUT2D eigenvalue weighted by molar-refractivity contribution is 7.15. The Morgan fingerprint density at radius 3 is 2.15 bits per heavy atom. The maximum absolute atomic E-state index is 13.9. The van der Waals surface area contributed by atoms with Gasteiger partial charge in [0.15, 0.2) is 0 Å². The average Bonchev–Trinajstić information content (AvgIpc) is 3.46. The van der Waals surface area contributed by atoms with Gasteiger partial charge in [-0.25, -0.2) is 4.79 Å². The fraction of sp³-hybridized carbons (Fsp3) is 0.188. The van der Waals surface area contributed by atoms with Crippen LogP contribution in [0.15, 0.2) is 78.2 Å². The predicted molar refractivity (Wildman–Crippen MR) is 155 cm³/mol. The van der Waals surface area contributed by atoms with Crippen molar-refractivity contribution in [3.05, 3.63) is 112 Å². The third kappa shape index (κ3) is 5.05. The Balaban J connectivity index is 1.54. The first-order valence-electron chi connectivity index (χ1n) is 13.0. The molecule has 5 rings (SSSR count). The van der Waals surface area contributed by atoms with Gasteiger partial charge in [0.25, 0.3) is 11.8 Å². The number of benzene rings is 3. The Labute approximate surface area is 236 Å². The molecule has 8 heteroatoms. The van der Waals surface area contributed by atoms with Gasteiger partial charge in [0.1, 0.15) is 16.6 Å². The molecule has 2 heterocycles. The van der Waals surface area contributed by atoms with Crippen molar-refractivity contribution in [2.24, 2.45) is 0 Å². The first-order valence-corrected chi connectivity index (χ1v) is 13.9. The molecule has 1 N–H and O–H groups in total. The zero-order valence-electron chi connectivity index (χ0n) is 22.4. The molecule has 7 nitrogen and oxygen atoms in total. The first kappa shape index (κ1) is 27.0. The van der Waals surface area contributed by atoms with Crippen LogP contribution in [0.2, 0.25) is 0 Å². The van der Waals surface area contributed by atoms with Crippen molar-refractivity contribution in [2.75, 3.05) is 11.9 Å². The van der Waals surface area contributed by atoms with Gasteiger partial charge in [-0.3, -0.25) is 19.3 Å². The minimum absolute atomic E-state index is 0.113. The van der Waals surface area contributed by atoms with Gasteiger partial charge in [-0.1, -0.05) is 66.2 Å². The molecule has 1 aliphatic rings. The molecule has 202 valence electrons. The number of nitrogens with zero attached hydrogens (tertiary/aromatic N) is 1. The highest BCUT2D eigenvalue weighted by Gasteiger charge is 2.43. The van der Waals surface area contributed by atoms with Gasteiger partial charge in [0.05, 0.1) is 17.7 Å². The quantitative estimate of drug-likeness (QED) is 0.212. The first-order chi connectivity index (χ1) is 19.3. The number of carbonyl (C=O) groups excluding carboxylic acids is 4. The average molecular weight is 553 g/mol. The Hall–Kier alpha value is -4.56. The summed E-state index contributed by atoms with van der Waals surface area (Å²) in [6.45, 7) is 5.84. The molecule has 0 radical (unpaired) electrons. The van der Waals surface area contributed by atoms with Crippen molar-refractivity contribution in [3.8, 4) is 11.1 Å². The Morgan fingerprint density at radius 2 is 1.52 bits per heavy atom. The second-order valence-electron chi connectivity index (χ2n) is 9.61. The number of ether oxygens (including phenoxy) is 1. The number of amides is 3. The highest BCUT2D eigenvalue weighted by Crippen LogP contribution is 2.38. The Morgan fingerprint density at radius 1 is 0.875 bits per heavy atom. The number of anilines is 1. The van der Waals surface area contributed by atoms with Gasteiger partial charge in [-0.2, -0.15) is 0 Å². The van der Waals surface area contributed by atoms with E-state index < -0.39 is 29.7 Å². The monoisotopic (exact) mass is 552 g/mol. The summed E-state index contributed by atoms with van der Waals surface area (Å²) in [5, 5.41) is 4.98. The van der Waals surface area contributed by atoms with Crippen LogP contribution in [0.3, 0.4) is 0 Å². The number of rotatable bonds is 8. The summed E-state index contributed by atoms with van der Waals surface area (Å²) in [5.41, 5.74) is 5.13. The normalized spacial score (nSPS) is 13.2. The van der Waals surface area contributed by atoms with Gasteiger partial charge < -0.3 is 10.1 Å². The summed E-state index contributed by atoms with van der Waals surface area (Å²) in [6.07, 6.45) is 0.113. The summed E-state index contributed by atoms with van der Waals surface area (Å²) in [5.74, 6) is -2.18. The van der Waals surface area contributed by atoms with Crippen LogP contribution in [-0.4, -0.2) is 41.2 Å². The zero-order chi connectivity index (χ0) is 28.4. The molecule has 3 amide bonds. The van der Waals surface area contributed by atoms with Crippen molar-refractivity contribution < 1.29 is 23.9 Å². The molecule has 1 unspecified atom stereocenters. The van der Waals surface area contributed by atoms with E-state index in [1.807, 2.05) is 67.8 Å². The zero-order valence-corrected chi connectivity index (χ0v) is 23.2. The second-order valence-corrected chi connectivity index (χ2v) is 10.5. The minimum atomic E-state index is -1.14. The Kier molecular flexibility index (Phi) is 7.62. The van der Waals surface area contributed by atoms with E-state index in [0.29, 0.717) is 10.6 Å². The number of thiophene rings is 1.